The third-order valence-corrected chi connectivity index (χ3v) is 6.07. The van der Waals surface area contributed by atoms with Crippen LogP contribution in [0.3, 0.4) is 0 Å². The number of halogens is 1. The van der Waals surface area contributed by atoms with E-state index in [-0.39, 0.29) is 5.91 Å². The van der Waals surface area contributed by atoms with Crippen molar-refractivity contribution in [2.24, 2.45) is 0 Å². The molecule has 2 aromatic carbocycles. The summed E-state index contributed by atoms with van der Waals surface area (Å²) in [6.45, 7) is 4.61. The number of nitrogens with zero attached hydrogens (tertiary/aromatic N) is 3. The molecule has 3 aromatic rings. The molecule has 0 bridgehead atoms. The van der Waals surface area contributed by atoms with Gasteiger partial charge in [-0.3, -0.25) is 14.6 Å². The van der Waals surface area contributed by atoms with Crippen LogP contribution in [0.25, 0.3) is 16.3 Å². The largest absolute Gasteiger partial charge is 0.379 e. The van der Waals surface area contributed by atoms with Crippen LogP contribution in [0.2, 0.25) is 5.02 Å². The van der Waals surface area contributed by atoms with Gasteiger partial charge < -0.3 is 4.74 Å². The van der Waals surface area contributed by atoms with E-state index in [1.165, 1.54) is 11.3 Å². The third-order valence-electron chi connectivity index (χ3n) is 4.80. The van der Waals surface area contributed by atoms with E-state index in [9.17, 15) is 4.79 Å². The quantitative estimate of drug-likeness (QED) is 0.549. The molecule has 0 saturated carbocycles. The molecule has 0 radical (unpaired) electrons. The van der Waals surface area contributed by atoms with Gasteiger partial charge in [0.25, 0.3) is 5.91 Å². The molecule has 4 rings (SSSR count). The van der Waals surface area contributed by atoms with Crippen molar-refractivity contribution in [3.63, 3.8) is 0 Å². The molecule has 0 unspecified atom stereocenters. The average Bonchev–Trinajstić information content (AvgIpc) is 3.16. The van der Waals surface area contributed by atoms with Gasteiger partial charge in [-0.05, 0) is 29.8 Å². The molecule has 29 heavy (non-hydrogen) atoms. The number of amides is 1. The van der Waals surface area contributed by atoms with Gasteiger partial charge in [-0.1, -0.05) is 53.3 Å². The van der Waals surface area contributed by atoms with Crippen LogP contribution in [0.1, 0.15) is 5.56 Å². The van der Waals surface area contributed by atoms with Crippen molar-refractivity contribution in [3.8, 4) is 0 Å². The van der Waals surface area contributed by atoms with Crippen LogP contribution < -0.4 is 4.90 Å². The number of ether oxygens (including phenoxy) is 1. The summed E-state index contributed by atoms with van der Waals surface area (Å²) in [5.74, 6) is -0.0766. The SMILES string of the molecule is O=C(/C=C/c1ccccc1)N(CCN1CCOCC1)c1nc2ccc(Cl)cc2s1. The van der Waals surface area contributed by atoms with E-state index >= 15 is 0 Å². The molecule has 1 amide bonds. The van der Waals surface area contributed by atoms with Crippen LogP contribution in [0.15, 0.2) is 54.6 Å². The van der Waals surface area contributed by atoms with Crippen molar-refractivity contribution in [1.82, 2.24) is 9.88 Å². The van der Waals surface area contributed by atoms with E-state index in [0.29, 0.717) is 16.7 Å². The van der Waals surface area contributed by atoms with E-state index in [1.807, 2.05) is 54.6 Å². The minimum Gasteiger partial charge on any atom is -0.379 e. The number of carbonyl (C=O) groups excluding carboxylic acids is 1. The van der Waals surface area contributed by atoms with Crippen LogP contribution in [0, 0.1) is 0 Å². The molecule has 2 heterocycles. The zero-order valence-electron chi connectivity index (χ0n) is 16.0. The number of hydrogen-bond donors (Lipinski definition) is 0. The third kappa shape index (κ3) is 5.22. The zero-order chi connectivity index (χ0) is 20.1. The first kappa shape index (κ1) is 20.0. The Morgan fingerprint density at radius 1 is 1.21 bits per heavy atom. The van der Waals surface area contributed by atoms with Gasteiger partial charge in [0.2, 0.25) is 0 Å². The van der Waals surface area contributed by atoms with E-state index in [0.717, 1.165) is 48.6 Å². The highest BCUT2D eigenvalue weighted by atomic mass is 35.5. The lowest BCUT2D eigenvalue weighted by Gasteiger charge is -2.28. The summed E-state index contributed by atoms with van der Waals surface area (Å²) in [5, 5.41) is 1.36. The van der Waals surface area contributed by atoms with Gasteiger partial charge in [-0.2, -0.15) is 0 Å². The maximum absolute atomic E-state index is 13.1. The van der Waals surface area contributed by atoms with E-state index < -0.39 is 0 Å². The topological polar surface area (TPSA) is 45.7 Å². The fraction of sp³-hybridized carbons (Fsp3) is 0.273. The number of rotatable bonds is 6. The number of thiazole rings is 1. The lowest BCUT2D eigenvalue weighted by atomic mass is 10.2. The first-order chi connectivity index (χ1) is 14.2. The normalized spacial score (nSPS) is 15.2. The minimum absolute atomic E-state index is 0.0766. The molecular formula is C22H22ClN3O2S. The maximum Gasteiger partial charge on any atom is 0.252 e. The summed E-state index contributed by atoms with van der Waals surface area (Å²) in [4.78, 5) is 21.8. The molecule has 1 fully saturated rings. The van der Waals surface area contributed by atoms with Gasteiger partial charge in [0.05, 0.1) is 23.4 Å². The summed E-state index contributed by atoms with van der Waals surface area (Å²) in [7, 11) is 0. The molecule has 1 aliphatic heterocycles. The van der Waals surface area contributed by atoms with Gasteiger partial charge >= 0.3 is 0 Å². The maximum atomic E-state index is 13.1. The Labute approximate surface area is 179 Å². The molecule has 5 nitrogen and oxygen atoms in total. The van der Waals surface area contributed by atoms with E-state index in [2.05, 4.69) is 9.88 Å². The van der Waals surface area contributed by atoms with Crippen molar-refractivity contribution in [1.29, 1.82) is 0 Å². The van der Waals surface area contributed by atoms with Crippen LogP contribution in [0.4, 0.5) is 5.13 Å². The lowest BCUT2D eigenvalue weighted by Crippen LogP contribution is -2.42. The molecule has 0 N–H and O–H groups in total. The predicted molar refractivity (Wildman–Crippen MR) is 120 cm³/mol. The van der Waals surface area contributed by atoms with Crippen molar-refractivity contribution in [2.75, 3.05) is 44.3 Å². The van der Waals surface area contributed by atoms with E-state index in [4.69, 9.17) is 16.3 Å². The Hall–Kier alpha value is -2.25. The second-order valence-electron chi connectivity index (χ2n) is 6.80. The second kappa shape index (κ2) is 9.50. The molecule has 0 aliphatic carbocycles. The van der Waals surface area contributed by atoms with Gasteiger partial charge in [0.15, 0.2) is 5.13 Å². The highest BCUT2D eigenvalue weighted by Gasteiger charge is 2.20. The lowest BCUT2D eigenvalue weighted by molar-refractivity contribution is -0.114. The summed E-state index contributed by atoms with van der Waals surface area (Å²) in [5.41, 5.74) is 1.84. The Morgan fingerprint density at radius 2 is 2.00 bits per heavy atom. The first-order valence-electron chi connectivity index (χ1n) is 9.60. The number of morpholine rings is 1. The molecule has 0 atom stereocenters. The van der Waals surface area contributed by atoms with Gasteiger partial charge in [0.1, 0.15) is 0 Å². The fourth-order valence-electron chi connectivity index (χ4n) is 3.19. The number of aromatic nitrogens is 1. The Kier molecular flexibility index (Phi) is 6.56. The fourth-order valence-corrected chi connectivity index (χ4v) is 4.46. The smallest absolute Gasteiger partial charge is 0.252 e. The van der Waals surface area contributed by atoms with Crippen molar-refractivity contribution < 1.29 is 9.53 Å². The monoisotopic (exact) mass is 427 g/mol. The van der Waals surface area contributed by atoms with Crippen molar-refractivity contribution >= 4 is 50.3 Å². The Morgan fingerprint density at radius 3 is 2.79 bits per heavy atom. The number of benzene rings is 2. The highest BCUT2D eigenvalue weighted by molar-refractivity contribution is 7.22. The highest BCUT2D eigenvalue weighted by Crippen LogP contribution is 2.31. The van der Waals surface area contributed by atoms with Crippen LogP contribution in [-0.2, 0) is 9.53 Å². The number of carbonyl (C=O) groups is 1. The average molecular weight is 428 g/mol. The van der Waals surface area contributed by atoms with Crippen molar-refractivity contribution in [3.05, 3.63) is 65.2 Å². The van der Waals surface area contributed by atoms with Gasteiger partial charge in [-0.25, -0.2) is 4.98 Å². The summed E-state index contributed by atoms with van der Waals surface area (Å²) >= 11 is 7.61. The second-order valence-corrected chi connectivity index (χ2v) is 8.24. The first-order valence-corrected chi connectivity index (χ1v) is 10.8. The number of hydrogen-bond acceptors (Lipinski definition) is 5. The molecule has 150 valence electrons. The minimum atomic E-state index is -0.0766. The Bertz CT molecular complexity index is 1000. The van der Waals surface area contributed by atoms with Crippen molar-refractivity contribution in [2.45, 2.75) is 0 Å². The molecule has 7 heteroatoms. The van der Waals surface area contributed by atoms with Crippen LogP contribution >= 0.6 is 22.9 Å². The summed E-state index contributed by atoms with van der Waals surface area (Å²) < 4.78 is 6.40. The predicted octanol–water partition coefficient (Wildman–Crippen LogP) is 4.33. The molecular weight excluding hydrogens is 406 g/mol. The van der Waals surface area contributed by atoms with Crippen LogP contribution in [0.5, 0.6) is 0 Å². The van der Waals surface area contributed by atoms with Crippen LogP contribution in [-0.4, -0.2) is 55.2 Å². The van der Waals surface area contributed by atoms with E-state index in [1.54, 1.807) is 11.0 Å². The number of fused-ring (bicyclic) bond motifs is 1. The summed E-state index contributed by atoms with van der Waals surface area (Å²) in [6, 6.07) is 15.4. The molecule has 0 spiro atoms. The van der Waals surface area contributed by atoms with Gasteiger partial charge in [-0.15, -0.1) is 0 Å². The molecule has 1 aliphatic rings. The molecule has 1 saturated heterocycles. The standard InChI is InChI=1S/C22H22ClN3O2S/c23-18-7-8-19-20(16-18)29-22(24-19)26(11-10-25-12-14-28-15-13-25)21(27)9-6-17-4-2-1-3-5-17/h1-9,16H,10-15H2/b9-6+. The van der Waals surface area contributed by atoms with Gasteiger partial charge in [0, 0.05) is 37.3 Å². The number of anilines is 1. The summed E-state index contributed by atoms with van der Waals surface area (Å²) in [6.07, 6.45) is 3.46. The molecule has 1 aromatic heterocycles. The Balaban J connectivity index is 1.56. The zero-order valence-corrected chi connectivity index (χ0v) is 17.5.